The Hall–Kier alpha value is -2.55. The molecule has 0 aliphatic heterocycles. The van der Waals surface area contributed by atoms with Gasteiger partial charge in [-0.2, -0.15) is 0 Å². The lowest BCUT2D eigenvalue weighted by Gasteiger charge is -2.10. The van der Waals surface area contributed by atoms with Crippen LogP contribution in [0.15, 0.2) is 40.9 Å². The van der Waals surface area contributed by atoms with E-state index < -0.39 is 29.1 Å². The molecular formula is C14H9BrF2N2O4. The summed E-state index contributed by atoms with van der Waals surface area (Å²) < 4.78 is 31.7. The number of rotatable bonds is 5. The number of ether oxygens (including phenoxy) is 1. The van der Waals surface area contributed by atoms with E-state index in [4.69, 9.17) is 4.74 Å². The number of hydrogen-bond acceptors (Lipinski definition) is 4. The minimum atomic E-state index is -0.930. The highest BCUT2D eigenvalue weighted by Gasteiger charge is 2.13. The molecule has 0 spiro atoms. The molecule has 0 aromatic heterocycles. The standard InChI is InChI=1S/C14H9BrF2N2O4/c15-11-5-8(16)6-12(17)14(11)18-13(20)7-23-10-3-1-9(2-4-10)19(21)22/h1-6H,7H2,(H,18,20). The Labute approximate surface area is 137 Å². The Balaban J connectivity index is 1.96. The second-order valence-corrected chi connectivity index (χ2v) is 5.19. The third-order valence-corrected chi connectivity index (χ3v) is 3.31. The largest absolute Gasteiger partial charge is 0.484 e. The summed E-state index contributed by atoms with van der Waals surface area (Å²) in [5, 5.41) is 12.7. The average molecular weight is 387 g/mol. The van der Waals surface area contributed by atoms with Crippen LogP contribution in [0, 0.1) is 21.7 Å². The lowest BCUT2D eigenvalue weighted by molar-refractivity contribution is -0.384. The van der Waals surface area contributed by atoms with Gasteiger partial charge in [-0.05, 0) is 34.1 Å². The number of carbonyl (C=O) groups is 1. The minimum absolute atomic E-state index is 0.0543. The number of nitro benzene ring substituents is 1. The summed E-state index contributed by atoms with van der Waals surface area (Å²) in [7, 11) is 0. The van der Waals surface area contributed by atoms with Crippen molar-refractivity contribution in [3.8, 4) is 5.75 Å². The van der Waals surface area contributed by atoms with E-state index in [0.717, 1.165) is 6.07 Å². The number of nitrogens with one attached hydrogen (secondary N) is 1. The molecule has 0 atom stereocenters. The van der Waals surface area contributed by atoms with Crippen molar-refractivity contribution in [2.75, 3.05) is 11.9 Å². The molecule has 2 aromatic carbocycles. The van der Waals surface area contributed by atoms with E-state index in [-0.39, 0.29) is 21.6 Å². The molecule has 0 bridgehead atoms. The molecule has 2 rings (SSSR count). The van der Waals surface area contributed by atoms with E-state index in [0.29, 0.717) is 6.07 Å². The zero-order chi connectivity index (χ0) is 17.0. The second-order valence-electron chi connectivity index (χ2n) is 4.33. The summed E-state index contributed by atoms with van der Waals surface area (Å²) >= 11 is 2.94. The van der Waals surface area contributed by atoms with Crippen LogP contribution in [0.25, 0.3) is 0 Å². The number of halogens is 3. The van der Waals surface area contributed by atoms with Crippen LogP contribution in [0.1, 0.15) is 0 Å². The highest BCUT2D eigenvalue weighted by Crippen LogP contribution is 2.26. The molecule has 9 heteroatoms. The van der Waals surface area contributed by atoms with Crippen molar-refractivity contribution in [1.29, 1.82) is 0 Å². The van der Waals surface area contributed by atoms with Crippen molar-refractivity contribution in [3.05, 3.63) is 62.6 Å². The minimum Gasteiger partial charge on any atom is -0.484 e. The summed E-state index contributed by atoms with van der Waals surface area (Å²) in [6.07, 6.45) is 0. The fraction of sp³-hybridized carbons (Fsp3) is 0.0714. The molecule has 0 aliphatic carbocycles. The molecule has 120 valence electrons. The first-order valence-electron chi connectivity index (χ1n) is 6.18. The smallest absolute Gasteiger partial charge is 0.269 e. The lowest BCUT2D eigenvalue weighted by Crippen LogP contribution is -2.21. The first-order valence-corrected chi connectivity index (χ1v) is 6.98. The van der Waals surface area contributed by atoms with E-state index >= 15 is 0 Å². The molecule has 0 saturated heterocycles. The van der Waals surface area contributed by atoms with Gasteiger partial charge in [-0.3, -0.25) is 14.9 Å². The van der Waals surface area contributed by atoms with Gasteiger partial charge in [0.05, 0.1) is 10.6 Å². The molecule has 0 heterocycles. The average Bonchev–Trinajstić information content (AvgIpc) is 2.49. The summed E-state index contributed by atoms with van der Waals surface area (Å²) in [6, 6.07) is 6.76. The molecule has 0 radical (unpaired) electrons. The van der Waals surface area contributed by atoms with Crippen molar-refractivity contribution in [2.24, 2.45) is 0 Å². The zero-order valence-corrected chi connectivity index (χ0v) is 13.0. The Bertz CT molecular complexity index is 730. The maximum Gasteiger partial charge on any atom is 0.269 e. The van der Waals surface area contributed by atoms with E-state index in [9.17, 15) is 23.7 Å². The molecule has 0 unspecified atom stereocenters. The first kappa shape index (κ1) is 16.8. The van der Waals surface area contributed by atoms with Gasteiger partial charge >= 0.3 is 0 Å². The van der Waals surface area contributed by atoms with Gasteiger partial charge < -0.3 is 10.1 Å². The SMILES string of the molecule is O=C(COc1ccc([N+](=O)[O-])cc1)Nc1c(F)cc(F)cc1Br. The maximum atomic E-state index is 13.6. The molecule has 0 aliphatic rings. The number of nitro groups is 1. The van der Waals surface area contributed by atoms with Crippen LogP contribution in [0.2, 0.25) is 0 Å². The van der Waals surface area contributed by atoms with E-state index in [1.165, 1.54) is 24.3 Å². The van der Waals surface area contributed by atoms with Crippen molar-refractivity contribution in [2.45, 2.75) is 0 Å². The van der Waals surface area contributed by atoms with Crippen LogP contribution in [0.3, 0.4) is 0 Å². The number of anilines is 1. The van der Waals surface area contributed by atoms with Crippen molar-refractivity contribution < 1.29 is 23.2 Å². The Morgan fingerprint density at radius 3 is 2.48 bits per heavy atom. The van der Waals surface area contributed by atoms with Crippen molar-refractivity contribution in [3.63, 3.8) is 0 Å². The molecule has 2 aromatic rings. The summed E-state index contributed by atoms with van der Waals surface area (Å²) in [4.78, 5) is 21.7. The van der Waals surface area contributed by atoms with Gasteiger partial charge in [0.1, 0.15) is 11.6 Å². The monoisotopic (exact) mass is 386 g/mol. The molecule has 1 amide bonds. The van der Waals surface area contributed by atoms with Crippen LogP contribution in [0.5, 0.6) is 5.75 Å². The van der Waals surface area contributed by atoms with Crippen molar-refractivity contribution in [1.82, 2.24) is 0 Å². The molecule has 0 saturated carbocycles. The number of hydrogen-bond donors (Lipinski definition) is 1. The normalized spacial score (nSPS) is 10.2. The highest BCUT2D eigenvalue weighted by molar-refractivity contribution is 9.10. The number of non-ortho nitro benzene ring substituents is 1. The van der Waals surface area contributed by atoms with Gasteiger partial charge in [0, 0.05) is 22.7 Å². The maximum absolute atomic E-state index is 13.6. The molecule has 0 fully saturated rings. The number of carbonyl (C=O) groups excluding carboxylic acids is 1. The predicted octanol–water partition coefficient (Wildman–Crippen LogP) is 3.65. The summed E-state index contributed by atoms with van der Waals surface area (Å²) in [6.45, 7) is -0.443. The quantitative estimate of drug-likeness (QED) is 0.627. The number of nitrogens with zero attached hydrogens (tertiary/aromatic N) is 1. The Morgan fingerprint density at radius 2 is 1.91 bits per heavy atom. The fourth-order valence-corrected chi connectivity index (χ4v) is 2.16. The van der Waals surface area contributed by atoms with Gasteiger partial charge in [0.15, 0.2) is 12.4 Å². The Morgan fingerprint density at radius 1 is 1.26 bits per heavy atom. The van der Waals surface area contributed by atoms with E-state index in [1.54, 1.807) is 0 Å². The van der Waals surface area contributed by atoms with E-state index in [2.05, 4.69) is 21.2 Å². The number of benzene rings is 2. The second kappa shape index (κ2) is 7.14. The van der Waals surface area contributed by atoms with Gasteiger partial charge in [-0.15, -0.1) is 0 Å². The van der Waals surface area contributed by atoms with E-state index in [1.807, 2.05) is 0 Å². The first-order chi connectivity index (χ1) is 10.9. The van der Waals surface area contributed by atoms with Crippen LogP contribution in [-0.2, 0) is 4.79 Å². The third kappa shape index (κ3) is 4.46. The number of amides is 1. The molecular weight excluding hydrogens is 378 g/mol. The summed E-state index contributed by atoms with van der Waals surface area (Å²) in [5.41, 5.74) is -0.317. The predicted molar refractivity (Wildman–Crippen MR) is 81.3 cm³/mol. The Kier molecular flexibility index (Phi) is 5.22. The molecule has 1 N–H and O–H groups in total. The van der Waals surface area contributed by atoms with Crippen LogP contribution in [0.4, 0.5) is 20.2 Å². The van der Waals surface area contributed by atoms with Gasteiger partial charge in [0.2, 0.25) is 0 Å². The molecule has 6 nitrogen and oxygen atoms in total. The third-order valence-electron chi connectivity index (χ3n) is 2.69. The van der Waals surface area contributed by atoms with Gasteiger partial charge in [0.25, 0.3) is 11.6 Å². The van der Waals surface area contributed by atoms with Crippen LogP contribution < -0.4 is 10.1 Å². The van der Waals surface area contributed by atoms with Crippen LogP contribution >= 0.6 is 15.9 Å². The van der Waals surface area contributed by atoms with Crippen LogP contribution in [-0.4, -0.2) is 17.4 Å². The topological polar surface area (TPSA) is 81.5 Å². The van der Waals surface area contributed by atoms with Crippen molar-refractivity contribution >= 4 is 33.2 Å². The lowest BCUT2D eigenvalue weighted by atomic mass is 10.3. The summed E-state index contributed by atoms with van der Waals surface area (Å²) in [5.74, 6) is -2.14. The van der Waals surface area contributed by atoms with Gasteiger partial charge in [-0.25, -0.2) is 8.78 Å². The highest BCUT2D eigenvalue weighted by atomic mass is 79.9. The fourth-order valence-electron chi connectivity index (χ4n) is 1.65. The van der Waals surface area contributed by atoms with Gasteiger partial charge in [-0.1, -0.05) is 0 Å². The molecule has 23 heavy (non-hydrogen) atoms. The zero-order valence-electron chi connectivity index (χ0n) is 11.4.